The summed E-state index contributed by atoms with van der Waals surface area (Å²) in [6.07, 6.45) is 1.95. The Labute approximate surface area is 156 Å². The maximum Gasteiger partial charge on any atom is 0.253 e. The average molecular weight is 382 g/mol. The average Bonchev–Trinajstić information content (AvgIpc) is 2.65. The molecule has 0 atom stereocenters. The van der Waals surface area contributed by atoms with Crippen molar-refractivity contribution >= 4 is 29.3 Å². The highest BCUT2D eigenvalue weighted by molar-refractivity contribution is 7.98. The van der Waals surface area contributed by atoms with E-state index >= 15 is 0 Å². The molecule has 7 heteroatoms. The maximum atomic E-state index is 12.4. The lowest BCUT2D eigenvalue weighted by molar-refractivity contribution is 0.0950. The second-order valence-electron chi connectivity index (χ2n) is 5.06. The molecule has 1 amide bonds. The van der Waals surface area contributed by atoms with E-state index in [2.05, 4.69) is 5.32 Å². The molecule has 1 N–H and O–H groups in total. The topological polar surface area (TPSA) is 56.8 Å². The van der Waals surface area contributed by atoms with E-state index in [0.29, 0.717) is 34.4 Å². The largest absolute Gasteiger partial charge is 0.493 e. The van der Waals surface area contributed by atoms with Crippen LogP contribution in [0.15, 0.2) is 35.2 Å². The predicted octanol–water partition coefficient (Wildman–Crippen LogP) is 4.02. The SMILES string of the molecule is COc1cc(CNC(=O)c2cc(SC)ccc2Cl)cc(OC)c1OC. The third kappa shape index (κ3) is 4.52. The molecule has 0 aliphatic rings. The van der Waals surface area contributed by atoms with E-state index < -0.39 is 0 Å². The van der Waals surface area contributed by atoms with Gasteiger partial charge in [0.1, 0.15) is 0 Å². The van der Waals surface area contributed by atoms with Gasteiger partial charge in [-0.2, -0.15) is 0 Å². The Balaban J connectivity index is 2.19. The number of nitrogens with one attached hydrogen (secondary N) is 1. The number of carbonyl (C=O) groups is 1. The van der Waals surface area contributed by atoms with E-state index in [0.717, 1.165) is 10.5 Å². The molecule has 0 fully saturated rings. The van der Waals surface area contributed by atoms with Gasteiger partial charge in [0.25, 0.3) is 5.91 Å². The quantitative estimate of drug-likeness (QED) is 0.734. The Morgan fingerprint density at radius 2 is 1.72 bits per heavy atom. The standard InChI is InChI=1S/C18H20ClNO4S/c1-22-15-7-11(8-16(23-2)17(15)24-3)10-20-18(21)13-9-12(25-4)5-6-14(13)19/h5-9H,10H2,1-4H3,(H,20,21). The highest BCUT2D eigenvalue weighted by Crippen LogP contribution is 2.38. The molecule has 2 aromatic rings. The van der Waals surface area contributed by atoms with Gasteiger partial charge in [-0.3, -0.25) is 4.79 Å². The number of hydrogen-bond donors (Lipinski definition) is 1. The number of amides is 1. The van der Waals surface area contributed by atoms with Gasteiger partial charge in [-0.25, -0.2) is 0 Å². The molecule has 0 aliphatic heterocycles. The second kappa shape index (κ2) is 8.87. The van der Waals surface area contributed by atoms with Gasteiger partial charge in [-0.15, -0.1) is 11.8 Å². The molecule has 0 aromatic heterocycles. The molecule has 5 nitrogen and oxygen atoms in total. The Kier molecular flexibility index (Phi) is 6.84. The van der Waals surface area contributed by atoms with Gasteiger partial charge in [0.05, 0.1) is 31.9 Å². The van der Waals surface area contributed by atoms with Gasteiger partial charge in [-0.05, 0) is 42.2 Å². The molecule has 0 bridgehead atoms. The molecular formula is C18H20ClNO4S. The summed E-state index contributed by atoms with van der Waals surface area (Å²) < 4.78 is 15.9. The molecule has 0 spiro atoms. The van der Waals surface area contributed by atoms with Crippen molar-refractivity contribution in [3.8, 4) is 17.2 Å². The van der Waals surface area contributed by atoms with E-state index in [-0.39, 0.29) is 5.91 Å². The van der Waals surface area contributed by atoms with Crippen molar-refractivity contribution < 1.29 is 19.0 Å². The van der Waals surface area contributed by atoms with Crippen LogP contribution in [0.1, 0.15) is 15.9 Å². The Morgan fingerprint density at radius 1 is 1.08 bits per heavy atom. The summed E-state index contributed by atoms with van der Waals surface area (Å²) in [6, 6.07) is 8.96. The first-order valence-corrected chi connectivity index (χ1v) is 9.05. The van der Waals surface area contributed by atoms with Gasteiger partial charge in [0.15, 0.2) is 11.5 Å². The van der Waals surface area contributed by atoms with Crippen molar-refractivity contribution in [1.29, 1.82) is 0 Å². The van der Waals surface area contributed by atoms with Crippen molar-refractivity contribution in [2.75, 3.05) is 27.6 Å². The molecule has 25 heavy (non-hydrogen) atoms. The molecule has 0 saturated heterocycles. The van der Waals surface area contributed by atoms with Crippen molar-refractivity contribution in [3.63, 3.8) is 0 Å². The minimum Gasteiger partial charge on any atom is -0.493 e. The fourth-order valence-corrected chi connectivity index (χ4v) is 2.96. The number of benzene rings is 2. The van der Waals surface area contributed by atoms with E-state index in [9.17, 15) is 4.79 Å². The minimum atomic E-state index is -0.241. The highest BCUT2D eigenvalue weighted by Gasteiger charge is 2.15. The summed E-state index contributed by atoms with van der Waals surface area (Å²) in [5.41, 5.74) is 1.26. The molecule has 0 saturated carbocycles. The van der Waals surface area contributed by atoms with E-state index in [4.69, 9.17) is 25.8 Å². The van der Waals surface area contributed by atoms with E-state index in [1.165, 1.54) is 0 Å². The Morgan fingerprint density at radius 3 is 2.24 bits per heavy atom. The number of hydrogen-bond acceptors (Lipinski definition) is 5. The molecule has 0 aliphatic carbocycles. The maximum absolute atomic E-state index is 12.4. The number of thioether (sulfide) groups is 1. The zero-order chi connectivity index (χ0) is 18.4. The number of methoxy groups -OCH3 is 3. The van der Waals surface area contributed by atoms with Crippen LogP contribution in [0.2, 0.25) is 5.02 Å². The van der Waals surface area contributed by atoms with Crippen LogP contribution in [0.5, 0.6) is 17.2 Å². The van der Waals surface area contributed by atoms with Gasteiger partial charge >= 0.3 is 0 Å². The molecule has 2 aromatic carbocycles. The van der Waals surface area contributed by atoms with Gasteiger partial charge in [-0.1, -0.05) is 11.6 Å². The Bertz CT molecular complexity index is 742. The molecular weight excluding hydrogens is 362 g/mol. The lowest BCUT2D eigenvalue weighted by Gasteiger charge is -2.14. The van der Waals surface area contributed by atoms with Gasteiger partial charge in [0.2, 0.25) is 5.75 Å². The van der Waals surface area contributed by atoms with Crippen LogP contribution in [-0.2, 0) is 6.54 Å². The normalized spacial score (nSPS) is 10.3. The van der Waals surface area contributed by atoms with Crippen molar-refractivity contribution in [2.24, 2.45) is 0 Å². The van der Waals surface area contributed by atoms with Crippen LogP contribution < -0.4 is 19.5 Å². The summed E-state index contributed by atoms with van der Waals surface area (Å²) in [5, 5.41) is 3.28. The third-order valence-electron chi connectivity index (χ3n) is 3.60. The number of ether oxygens (including phenoxy) is 3. The summed E-state index contributed by atoms with van der Waals surface area (Å²) in [6.45, 7) is 0.301. The van der Waals surface area contributed by atoms with Gasteiger partial charge < -0.3 is 19.5 Å². The highest BCUT2D eigenvalue weighted by atomic mass is 35.5. The smallest absolute Gasteiger partial charge is 0.253 e. The third-order valence-corrected chi connectivity index (χ3v) is 4.65. The number of rotatable bonds is 7. The summed E-state index contributed by atoms with van der Waals surface area (Å²) >= 11 is 7.69. The van der Waals surface area contributed by atoms with Crippen LogP contribution in [0.4, 0.5) is 0 Å². The minimum absolute atomic E-state index is 0.241. The van der Waals surface area contributed by atoms with Crippen LogP contribution in [0.25, 0.3) is 0 Å². The summed E-state index contributed by atoms with van der Waals surface area (Å²) in [5.74, 6) is 1.34. The Hall–Kier alpha value is -2.05. The summed E-state index contributed by atoms with van der Waals surface area (Å²) in [7, 11) is 4.64. The van der Waals surface area contributed by atoms with Crippen LogP contribution >= 0.6 is 23.4 Å². The van der Waals surface area contributed by atoms with Crippen LogP contribution in [0.3, 0.4) is 0 Å². The first kappa shape index (κ1) is 19.3. The van der Waals surface area contributed by atoms with Gasteiger partial charge in [0, 0.05) is 11.4 Å². The number of carbonyl (C=O) groups excluding carboxylic acids is 1. The van der Waals surface area contributed by atoms with E-state index in [1.54, 1.807) is 57.4 Å². The molecule has 2 rings (SSSR count). The first-order chi connectivity index (χ1) is 12.0. The first-order valence-electron chi connectivity index (χ1n) is 7.44. The second-order valence-corrected chi connectivity index (χ2v) is 6.35. The molecule has 0 radical (unpaired) electrons. The lowest BCUT2D eigenvalue weighted by atomic mass is 10.1. The van der Waals surface area contributed by atoms with Crippen molar-refractivity contribution in [1.82, 2.24) is 5.32 Å². The monoisotopic (exact) mass is 381 g/mol. The predicted molar refractivity (Wildman–Crippen MR) is 101 cm³/mol. The zero-order valence-corrected chi connectivity index (χ0v) is 16.1. The summed E-state index contributed by atoms with van der Waals surface area (Å²) in [4.78, 5) is 13.4. The zero-order valence-electron chi connectivity index (χ0n) is 14.5. The molecule has 0 heterocycles. The fraction of sp³-hybridized carbons (Fsp3) is 0.278. The van der Waals surface area contributed by atoms with Crippen molar-refractivity contribution in [3.05, 3.63) is 46.5 Å². The molecule has 0 unspecified atom stereocenters. The molecule has 134 valence electrons. The van der Waals surface area contributed by atoms with Crippen molar-refractivity contribution in [2.45, 2.75) is 11.4 Å². The van der Waals surface area contributed by atoms with E-state index in [1.807, 2.05) is 12.3 Å². The lowest BCUT2D eigenvalue weighted by Crippen LogP contribution is -2.23. The fourth-order valence-electron chi connectivity index (χ4n) is 2.32. The van der Waals surface area contributed by atoms with Crippen LogP contribution in [0, 0.1) is 0 Å². The van der Waals surface area contributed by atoms with Crippen LogP contribution in [-0.4, -0.2) is 33.5 Å². The number of halogens is 1.